The number of amides is 1. The fourth-order valence-electron chi connectivity index (χ4n) is 2.37. The van der Waals surface area contributed by atoms with Crippen molar-refractivity contribution in [1.29, 1.82) is 0 Å². The van der Waals surface area contributed by atoms with E-state index in [0.717, 1.165) is 0 Å². The average Bonchev–Trinajstić information content (AvgIpc) is 2.89. The molecule has 0 radical (unpaired) electrons. The predicted molar refractivity (Wildman–Crippen MR) is 72.2 cm³/mol. The molecule has 1 aliphatic heterocycles. The first-order valence-electron chi connectivity index (χ1n) is 6.32. The van der Waals surface area contributed by atoms with Crippen molar-refractivity contribution in [2.45, 2.75) is 12.2 Å². The van der Waals surface area contributed by atoms with Crippen molar-refractivity contribution < 1.29 is 24.1 Å². The van der Waals surface area contributed by atoms with E-state index < -0.39 is 0 Å². The normalized spacial score (nSPS) is 22.1. The molecule has 1 N–H and O–H groups in total. The van der Waals surface area contributed by atoms with E-state index in [9.17, 15) is 9.90 Å². The molecule has 1 saturated heterocycles. The molecule has 1 aliphatic rings. The highest BCUT2D eigenvalue weighted by molar-refractivity contribution is 5.95. The molecule has 2 rings (SSSR count). The van der Waals surface area contributed by atoms with Gasteiger partial charge < -0.3 is 24.2 Å². The van der Waals surface area contributed by atoms with E-state index in [-0.39, 0.29) is 23.9 Å². The number of hydrogen-bond acceptors (Lipinski definition) is 5. The van der Waals surface area contributed by atoms with Crippen molar-refractivity contribution in [3.63, 3.8) is 0 Å². The van der Waals surface area contributed by atoms with Gasteiger partial charge in [0.05, 0.1) is 7.11 Å². The van der Waals surface area contributed by atoms with Gasteiger partial charge >= 0.3 is 0 Å². The molecular weight excluding hydrogens is 262 g/mol. The average molecular weight is 281 g/mol. The number of phenols is 1. The lowest BCUT2D eigenvalue weighted by atomic mass is 10.2. The standard InChI is InChI=1S/C14H19NO5/c1-18-11-5-4-9(6-10(11)16)14(17)15-7-12(19-2)13(8-15)20-3/h4-6,12-13,16H,7-8H2,1-3H3. The fourth-order valence-corrected chi connectivity index (χ4v) is 2.37. The lowest BCUT2D eigenvalue weighted by Gasteiger charge is -2.16. The number of aromatic hydroxyl groups is 1. The van der Waals surface area contributed by atoms with Crippen molar-refractivity contribution in [3.05, 3.63) is 23.8 Å². The van der Waals surface area contributed by atoms with Crippen LogP contribution in [-0.2, 0) is 9.47 Å². The van der Waals surface area contributed by atoms with Crippen molar-refractivity contribution in [1.82, 2.24) is 4.90 Å². The van der Waals surface area contributed by atoms with Gasteiger partial charge in [-0.05, 0) is 18.2 Å². The van der Waals surface area contributed by atoms with Crippen LogP contribution in [0, 0.1) is 0 Å². The van der Waals surface area contributed by atoms with E-state index in [1.807, 2.05) is 0 Å². The molecule has 0 saturated carbocycles. The molecule has 1 aromatic rings. The maximum atomic E-state index is 12.4. The summed E-state index contributed by atoms with van der Waals surface area (Å²) in [6.07, 6.45) is -0.258. The predicted octanol–water partition coefficient (Wildman–Crippen LogP) is 0.887. The van der Waals surface area contributed by atoms with Crippen LogP contribution in [0.15, 0.2) is 18.2 Å². The monoisotopic (exact) mass is 281 g/mol. The summed E-state index contributed by atoms with van der Waals surface area (Å²) >= 11 is 0. The van der Waals surface area contributed by atoms with Crippen LogP contribution in [0.25, 0.3) is 0 Å². The zero-order chi connectivity index (χ0) is 14.7. The van der Waals surface area contributed by atoms with Crippen molar-refractivity contribution in [3.8, 4) is 11.5 Å². The van der Waals surface area contributed by atoms with E-state index in [1.54, 1.807) is 31.3 Å². The van der Waals surface area contributed by atoms with Crippen LogP contribution in [0.5, 0.6) is 11.5 Å². The molecule has 0 aromatic heterocycles. The quantitative estimate of drug-likeness (QED) is 0.887. The highest BCUT2D eigenvalue weighted by Gasteiger charge is 2.35. The van der Waals surface area contributed by atoms with Crippen molar-refractivity contribution >= 4 is 5.91 Å². The number of carbonyl (C=O) groups excluding carboxylic acids is 1. The second-order valence-corrected chi connectivity index (χ2v) is 4.65. The lowest BCUT2D eigenvalue weighted by molar-refractivity contribution is -0.00461. The Hall–Kier alpha value is -1.79. The molecule has 0 aliphatic carbocycles. The molecule has 6 nitrogen and oxygen atoms in total. The Balaban J connectivity index is 2.14. The molecule has 2 atom stereocenters. The first-order valence-corrected chi connectivity index (χ1v) is 6.32. The smallest absolute Gasteiger partial charge is 0.254 e. The SMILES string of the molecule is COc1ccc(C(=O)N2CC(OC)C(OC)C2)cc1O. The molecule has 1 heterocycles. The van der Waals surface area contributed by atoms with Gasteiger partial charge in [0.25, 0.3) is 5.91 Å². The third kappa shape index (κ3) is 2.71. The van der Waals surface area contributed by atoms with Gasteiger partial charge in [-0.25, -0.2) is 0 Å². The van der Waals surface area contributed by atoms with E-state index in [0.29, 0.717) is 24.4 Å². The second kappa shape index (κ2) is 6.11. The number of likely N-dealkylation sites (tertiary alicyclic amines) is 1. The zero-order valence-corrected chi connectivity index (χ0v) is 11.8. The Labute approximate surface area is 117 Å². The number of carbonyl (C=O) groups is 1. The van der Waals surface area contributed by atoms with E-state index in [2.05, 4.69) is 0 Å². The third-order valence-corrected chi connectivity index (χ3v) is 3.53. The maximum absolute atomic E-state index is 12.4. The molecule has 6 heteroatoms. The highest BCUT2D eigenvalue weighted by Crippen LogP contribution is 2.27. The lowest BCUT2D eigenvalue weighted by Crippen LogP contribution is -2.30. The first-order chi connectivity index (χ1) is 9.60. The van der Waals surface area contributed by atoms with Crippen LogP contribution in [0.3, 0.4) is 0 Å². The Morgan fingerprint density at radius 1 is 1.20 bits per heavy atom. The first kappa shape index (κ1) is 14.6. The van der Waals surface area contributed by atoms with Gasteiger partial charge in [0.15, 0.2) is 11.5 Å². The summed E-state index contributed by atoms with van der Waals surface area (Å²) < 4.78 is 15.6. The zero-order valence-electron chi connectivity index (χ0n) is 11.8. The van der Waals surface area contributed by atoms with Gasteiger partial charge in [-0.1, -0.05) is 0 Å². The summed E-state index contributed by atoms with van der Waals surface area (Å²) in [6.45, 7) is 0.946. The third-order valence-electron chi connectivity index (χ3n) is 3.53. The van der Waals surface area contributed by atoms with Crippen LogP contribution >= 0.6 is 0 Å². The number of hydrogen-bond donors (Lipinski definition) is 1. The summed E-state index contributed by atoms with van der Waals surface area (Å²) in [7, 11) is 4.66. The van der Waals surface area contributed by atoms with Gasteiger partial charge in [0, 0.05) is 32.9 Å². The molecule has 1 amide bonds. The van der Waals surface area contributed by atoms with Gasteiger partial charge in [-0.15, -0.1) is 0 Å². The minimum atomic E-state index is -0.162. The maximum Gasteiger partial charge on any atom is 0.254 e. The topological polar surface area (TPSA) is 68.2 Å². The summed E-state index contributed by atoms with van der Waals surface area (Å²) in [5, 5.41) is 9.73. The number of nitrogens with zero attached hydrogens (tertiary/aromatic N) is 1. The van der Waals surface area contributed by atoms with Crippen molar-refractivity contribution in [2.24, 2.45) is 0 Å². The van der Waals surface area contributed by atoms with Crippen LogP contribution in [0.2, 0.25) is 0 Å². The molecule has 0 bridgehead atoms. The number of benzene rings is 1. The van der Waals surface area contributed by atoms with Crippen molar-refractivity contribution in [2.75, 3.05) is 34.4 Å². The molecule has 110 valence electrons. The summed E-state index contributed by atoms with van der Waals surface area (Å²) in [5.74, 6) is 0.126. The van der Waals surface area contributed by atoms with Gasteiger partial charge in [-0.3, -0.25) is 4.79 Å². The minimum Gasteiger partial charge on any atom is -0.504 e. The molecule has 20 heavy (non-hydrogen) atoms. The van der Waals surface area contributed by atoms with Gasteiger partial charge in [-0.2, -0.15) is 0 Å². The van der Waals surface area contributed by atoms with Crippen LogP contribution in [0.4, 0.5) is 0 Å². The van der Waals surface area contributed by atoms with E-state index >= 15 is 0 Å². The second-order valence-electron chi connectivity index (χ2n) is 4.65. The Kier molecular flexibility index (Phi) is 4.46. The summed E-state index contributed by atoms with van der Waals surface area (Å²) in [4.78, 5) is 14.0. The van der Waals surface area contributed by atoms with E-state index in [1.165, 1.54) is 13.2 Å². The van der Waals surface area contributed by atoms with Crippen LogP contribution < -0.4 is 4.74 Å². The molecular formula is C14H19NO5. The Morgan fingerprint density at radius 3 is 2.25 bits per heavy atom. The number of rotatable bonds is 4. The number of phenolic OH excluding ortho intramolecular Hbond substituents is 1. The minimum absolute atomic E-state index is 0.0517. The largest absolute Gasteiger partial charge is 0.504 e. The van der Waals surface area contributed by atoms with Crippen LogP contribution in [0.1, 0.15) is 10.4 Å². The van der Waals surface area contributed by atoms with Gasteiger partial charge in [0.1, 0.15) is 12.2 Å². The van der Waals surface area contributed by atoms with Gasteiger partial charge in [0.2, 0.25) is 0 Å². The number of methoxy groups -OCH3 is 3. The molecule has 0 spiro atoms. The summed E-state index contributed by atoms with van der Waals surface area (Å²) in [6, 6.07) is 4.60. The van der Waals surface area contributed by atoms with E-state index in [4.69, 9.17) is 14.2 Å². The molecule has 1 aromatic carbocycles. The van der Waals surface area contributed by atoms with Crippen LogP contribution in [-0.4, -0.2) is 62.5 Å². The fraction of sp³-hybridized carbons (Fsp3) is 0.500. The molecule has 2 unspecified atom stereocenters. The summed E-state index contributed by atoms with van der Waals surface area (Å²) in [5.41, 5.74) is 0.412. The molecule has 1 fully saturated rings. The Morgan fingerprint density at radius 2 is 1.80 bits per heavy atom. The highest BCUT2D eigenvalue weighted by atomic mass is 16.5. The Bertz CT molecular complexity index is 478. The number of ether oxygens (including phenoxy) is 3.